The minimum absolute atomic E-state index is 0.201. The molecular weight excluding hydrogens is 246 g/mol. The smallest absolute Gasteiger partial charge is 0.326 e. The van der Waals surface area contributed by atoms with E-state index < -0.39 is 11.4 Å². The Morgan fingerprint density at radius 2 is 2.21 bits per heavy atom. The van der Waals surface area contributed by atoms with Gasteiger partial charge >= 0.3 is 5.97 Å². The van der Waals surface area contributed by atoms with Crippen molar-refractivity contribution >= 4 is 5.97 Å². The summed E-state index contributed by atoms with van der Waals surface area (Å²) in [6.07, 6.45) is 0.277. The monoisotopic (exact) mass is 261 g/mol. The highest BCUT2D eigenvalue weighted by Gasteiger charge is 2.35. The Morgan fingerprint density at radius 1 is 1.47 bits per heavy atom. The molecule has 1 unspecified atom stereocenters. The van der Waals surface area contributed by atoms with Crippen molar-refractivity contribution in [2.75, 3.05) is 13.4 Å². The van der Waals surface area contributed by atoms with E-state index in [0.717, 1.165) is 5.56 Å². The molecule has 19 heavy (non-hydrogen) atoms. The number of rotatable bonds is 4. The third kappa shape index (κ3) is 2.63. The van der Waals surface area contributed by atoms with E-state index in [1.807, 2.05) is 12.1 Å². The molecule has 5 heteroatoms. The highest BCUT2D eigenvalue weighted by Crippen LogP contribution is 2.34. The summed E-state index contributed by atoms with van der Waals surface area (Å²) >= 11 is 0. The summed E-state index contributed by atoms with van der Waals surface area (Å²) < 4.78 is 15.4. The highest BCUT2D eigenvalue weighted by atomic mass is 16.7. The molecule has 0 radical (unpaired) electrons. The Hall–Kier alpha value is -2.22. The summed E-state index contributed by atoms with van der Waals surface area (Å²) in [5.74, 6) is 0.815. The number of ether oxygens (including phenoxy) is 3. The molecule has 0 fully saturated rings. The Labute approximate surface area is 111 Å². The lowest BCUT2D eigenvalue weighted by atomic mass is 9.85. The van der Waals surface area contributed by atoms with Crippen LogP contribution in [0, 0.1) is 16.7 Å². The van der Waals surface area contributed by atoms with Crippen molar-refractivity contribution in [3.05, 3.63) is 23.8 Å². The molecule has 0 aromatic heterocycles. The number of hydrogen-bond donors (Lipinski definition) is 0. The predicted molar refractivity (Wildman–Crippen MR) is 66.6 cm³/mol. The van der Waals surface area contributed by atoms with Gasteiger partial charge in [0.15, 0.2) is 16.9 Å². The first-order chi connectivity index (χ1) is 9.09. The average molecular weight is 261 g/mol. The van der Waals surface area contributed by atoms with Crippen molar-refractivity contribution in [3.8, 4) is 17.6 Å². The molecule has 0 spiro atoms. The van der Waals surface area contributed by atoms with E-state index in [1.54, 1.807) is 26.0 Å². The summed E-state index contributed by atoms with van der Waals surface area (Å²) in [7, 11) is 0. The molecular formula is C14H15NO4. The standard InChI is InChI=1S/C14H15NO4/c1-3-17-13(16)14(2,8-15)7-10-4-5-11-12(6-10)19-9-18-11/h4-6H,3,7,9H2,1-2H3. The van der Waals surface area contributed by atoms with E-state index in [2.05, 4.69) is 0 Å². The van der Waals surface area contributed by atoms with Gasteiger partial charge in [-0.05, 0) is 31.5 Å². The van der Waals surface area contributed by atoms with Crippen molar-refractivity contribution in [2.24, 2.45) is 5.41 Å². The van der Waals surface area contributed by atoms with Gasteiger partial charge in [0.1, 0.15) is 0 Å². The molecule has 1 aromatic carbocycles. The van der Waals surface area contributed by atoms with Gasteiger partial charge in [-0.1, -0.05) is 6.07 Å². The first-order valence-electron chi connectivity index (χ1n) is 6.06. The zero-order valence-electron chi connectivity index (χ0n) is 10.9. The first-order valence-corrected chi connectivity index (χ1v) is 6.06. The average Bonchev–Trinajstić information content (AvgIpc) is 2.86. The van der Waals surface area contributed by atoms with E-state index >= 15 is 0 Å². The Kier molecular flexibility index (Phi) is 3.61. The lowest BCUT2D eigenvalue weighted by Gasteiger charge is -2.19. The molecule has 5 nitrogen and oxygen atoms in total. The maximum Gasteiger partial charge on any atom is 0.326 e. The van der Waals surface area contributed by atoms with Gasteiger partial charge in [-0.3, -0.25) is 4.79 Å². The number of benzene rings is 1. The SMILES string of the molecule is CCOC(=O)C(C)(C#N)Cc1ccc2c(c1)OCO2. The molecule has 0 saturated carbocycles. The van der Waals surface area contributed by atoms with Crippen LogP contribution < -0.4 is 9.47 Å². The number of hydrogen-bond acceptors (Lipinski definition) is 5. The van der Waals surface area contributed by atoms with E-state index in [9.17, 15) is 10.1 Å². The molecule has 1 aliphatic heterocycles. The quantitative estimate of drug-likeness (QED) is 0.776. The van der Waals surface area contributed by atoms with Crippen LogP contribution in [0.25, 0.3) is 0 Å². The van der Waals surface area contributed by atoms with Crippen molar-refractivity contribution in [2.45, 2.75) is 20.3 Å². The van der Waals surface area contributed by atoms with Crippen LogP contribution in [0.15, 0.2) is 18.2 Å². The zero-order chi connectivity index (χ0) is 13.9. The van der Waals surface area contributed by atoms with Gasteiger partial charge in [0.05, 0.1) is 12.7 Å². The Morgan fingerprint density at radius 3 is 2.89 bits per heavy atom. The molecule has 100 valence electrons. The van der Waals surface area contributed by atoms with Crippen molar-refractivity contribution in [3.63, 3.8) is 0 Å². The van der Waals surface area contributed by atoms with Gasteiger partial charge in [-0.15, -0.1) is 0 Å². The lowest BCUT2D eigenvalue weighted by Crippen LogP contribution is -2.30. The van der Waals surface area contributed by atoms with Crippen molar-refractivity contribution in [1.82, 2.24) is 0 Å². The van der Waals surface area contributed by atoms with Crippen LogP contribution in [0.3, 0.4) is 0 Å². The molecule has 1 aromatic rings. The second-order valence-electron chi connectivity index (χ2n) is 4.53. The summed E-state index contributed by atoms with van der Waals surface area (Å²) in [5, 5.41) is 9.23. The molecule has 0 N–H and O–H groups in total. The molecule has 0 amide bonds. The molecule has 0 bridgehead atoms. The van der Waals surface area contributed by atoms with E-state index in [1.165, 1.54) is 0 Å². The molecule has 2 rings (SSSR count). The van der Waals surface area contributed by atoms with Crippen LogP contribution in [-0.2, 0) is 16.0 Å². The number of fused-ring (bicyclic) bond motifs is 1. The van der Waals surface area contributed by atoms with Crippen LogP contribution >= 0.6 is 0 Å². The third-order valence-corrected chi connectivity index (χ3v) is 2.97. The van der Waals surface area contributed by atoms with Gasteiger partial charge in [-0.2, -0.15) is 5.26 Å². The van der Waals surface area contributed by atoms with Gasteiger partial charge in [0, 0.05) is 6.42 Å². The van der Waals surface area contributed by atoms with Crippen LogP contribution in [0.1, 0.15) is 19.4 Å². The van der Waals surface area contributed by atoms with E-state index in [4.69, 9.17) is 14.2 Å². The maximum atomic E-state index is 11.8. The second kappa shape index (κ2) is 5.19. The first kappa shape index (κ1) is 13.2. The fourth-order valence-corrected chi connectivity index (χ4v) is 1.91. The summed E-state index contributed by atoms with van der Waals surface area (Å²) in [6.45, 7) is 3.76. The number of nitriles is 1. The fraction of sp³-hybridized carbons (Fsp3) is 0.429. The van der Waals surface area contributed by atoms with Gasteiger partial charge in [0.25, 0.3) is 0 Å². The highest BCUT2D eigenvalue weighted by molar-refractivity contribution is 5.80. The molecule has 0 saturated heterocycles. The van der Waals surface area contributed by atoms with Gasteiger partial charge < -0.3 is 14.2 Å². The minimum atomic E-state index is -1.19. The number of carbonyl (C=O) groups excluding carboxylic acids is 1. The number of esters is 1. The Balaban J connectivity index is 2.19. The lowest BCUT2D eigenvalue weighted by molar-refractivity contribution is -0.151. The van der Waals surface area contributed by atoms with Crippen LogP contribution in [0.4, 0.5) is 0 Å². The molecule has 1 heterocycles. The van der Waals surface area contributed by atoms with Crippen LogP contribution in [-0.4, -0.2) is 19.4 Å². The van der Waals surface area contributed by atoms with E-state index in [-0.39, 0.29) is 19.8 Å². The van der Waals surface area contributed by atoms with Crippen LogP contribution in [0.5, 0.6) is 11.5 Å². The second-order valence-corrected chi connectivity index (χ2v) is 4.53. The third-order valence-electron chi connectivity index (χ3n) is 2.97. The van der Waals surface area contributed by atoms with Gasteiger partial charge in [0.2, 0.25) is 6.79 Å². The number of nitrogens with zero attached hydrogens (tertiary/aromatic N) is 1. The number of carbonyl (C=O) groups is 1. The van der Waals surface area contributed by atoms with Crippen molar-refractivity contribution < 1.29 is 19.0 Å². The topological polar surface area (TPSA) is 68.6 Å². The molecule has 0 aliphatic carbocycles. The summed E-state index contributed by atoms with van der Waals surface area (Å²) in [5.41, 5.74) is -0.356. The minimum Gasteiger partial charge on any atom is -0.465 e. The largest absolute Gasteiger partial charge is 0.465 e. The zero-order valence-corrected chi connectivity index (χ0v) is 10.9. The molecule has 1 aliphatic rings. The summed E-state index contributed by atoms with van der Waals surface area (Å²) in [6, 6.07) is 7.42. The summed E-state index contributed by atoms with van der Waals surface area (Å²) in [4.78, 5) is 11.8. The van der Waals surface area contributed by atoms with E-state index in [0.29, 0.717) is 11.5 Å². The Bertz CT molecular complexity index is 535. The fourth-order valence-electron chi connectivity index (χ4n) is 1.91. The van der Waals surface area contributed by atoms with Gasteiger partial charge in [-0.25, -0.2) is 0 Å². The predicted octanol–water partition coefficient (Wildman–Crippen LogP) is 2.05. The normalized spacial score (nSPS) is 15.4. The van der Waals surface area contributed by atoms with Crippen LogP contribution in [0.2, 0.25) is 0 Å². The maximum absolute atomic E-state index is 11.8. The molecule has 1 atom stereocenters. The van der Waals surface area contributed by atoms with Crippen molar-refractivity contribution in [1.29, 1.82) is 5.26 Å².